The highest BCUT2D eigenvalue weighted by atomic mass is 35.5. The molecule has 0 aliphatic carbocycles. The molecule has 2 N–H and O–H groups in total. The Balaban J connectivity index is 0.00000300. The second-order valence-corrected chi connectivity index (χ2v) is 7.81. The molecule has 2 aliphatic rings. The van der Waals surface area contributed by atoms with E-state index in [2.05, 4.69) is 17.6 Å². The van der Waals surface area contributed by atoms with Crippen molar-refractivity contribution in [3.8, 4) is 5.75 Å². The van der Waals surface area contributed by atoms with Gasteiger partial charge in [0.1, 0.15) is 5.75 Å². The Morgan fingerprint density at radius 2 is 2.10 bits per heavy atom. The van der Waals surface area contributed by atoms with Gasteiger partial charge in [0.15, 0.2) is 0 Å². The highest BCUT2D eigenvalue weighted by molar-refractivity contribution is 5.85. The second kappa shape index (κ2) is 11.4. The maximum absolute atomic E-state index is 13.1. The number of nitrogens with one attached hydrogen (secondary N) is 2. The van der Waals surface area contributed by atoms with Gasteiger partial charge in [-0.3, -0.25) is 9.59 Å². The van der Waals surface area contributed by atoms with Crippen LogP contribution >= 0.6 is 12.4 Å². The fraction of sp³-hybridized carbons (Fsp3) is 0.636. The van der Waals surface area contributed by atoms with E-state index in [-0.39, 0.29) is 36.2 Å². The van der Waals surface area contributed by atoms with E-state index in [1.165, 1.54) is 0 Å². The summed E-state index contributed by atoms with van der Waals surface area (Å²) in [5.41, 5.74) is 0.924. The first kappa shape index (κ1) is 23.5. The van der Waals surface area contributed by atoms with Crippen molar-refractivity contribution < 1.29 is 14.3 Å². The van der Waals surface area contributed by atoms with E-state index < -0.39 is 0 Å². The fourth-order valence-corrected chi connectivity index (χ4v) is 4.40. The number of unbranched alkanes of at least 4 members (excludes halogenated alkanes) is 1. The molecule has 7 heteroatoms. The van der Waals surface area contributed by atoms with E-state index in [0.29, 0.717) is 32.0 Å². The summed E-state index contributed by atoms with van der Waals surface area (Å²) in [6, 6.07) is 7.84. The molecule has 0 spiro atoms. The zero-order chi connectivity index (χ0) is 19.9. The summed E-state index contributed by atoms with van der Waals surface area (Å²) >= 11 is 0. The number of halogens is 1. The summed E-state index contributed by atoms with van der Waals surface area (Å²) in [5.74, 6) is 0.649. The topological polar surface area (TPSA) is 70.7 Å². The van der Waals surface area contributed by atoms with Crippen LogP contribution in [0, 0.1) is 5.92 Å². The molecular weight excluding hydrogens is 390 g/mol. The van der Waals surface area contributed by atoms with Crippen molar-refractivity contribution in [1.82, 2.24) is 15.5 Å². The monoisotopic (exact) mass is 423 g/mol. The number of nitrogens with zero attached hydrogens (tertiary/aromatic N) is 1. The molecule has 0 aromatic heterocycles. The largest absolute Gasteiger partial charge is 0.496 e. The first-order chi connectivity index (χ1) is 13.7. The minimum atomic E-state index is -0.277. The lowest BCUT2D eigenvalue weighted by Crippen LogP contribution is -2.49. The Labute approximate surface area is 180 Å². The van der Waals surface area contributed by atoms with Crippen LogP contribution in [0.15, 0.2) is 24.3 Å². The highest BCUT2D eigenvalue weighted by Gasteiger charge is 2.41. The van der Waals surface area contributed by atoms with Gasteiger partial charge >= 0.3 is 0 Å². The Bertz CT molecular complexity index is 679. The zero-order valence-corrected chi connectivity index (χ0v) is 18.3. The van der Waals surface area contributed by atoms with E-state index in [9.17, 15) is 9.59 Å². The van der Waals surface area contributed by atoms with Gasteiger partial charge in [-0.25, -0.2) is 0 Å². The van der Waals surface area contributed by atoms with Crippen LogP contribution in [0.5, 0.6) is 5.75 Å². The van der Waals surface area contributed by atoms with Crippen LogP contribution < -0.4 is 15.4 Å². The van der Waals surface area contributed by atoms with E-state index in [4.69, 9.17) is 4.74 Å². The molecule has 2 amide bonds. The predicted octanol–water partition coefficient (Wildman–Crippen LogP) is 3.07. The van der Waals surface area contributed by atoms with Crippen molar-refractivity contribution in [2.45, 2.75) is 57.5 Å². The Hall–Kier alpha value is -1.79. The number of piperidine rings is 1. The van der Waals surface area contributed by atoms with E-state index in [1.54, 1.807) is 7.11 Å². The summed E-state index contributed by atoms with van der Waals surface area (Å²) in [5, 5.41) is 6.56. The SMILES string of the molecule is CCCCN1C(=O)CCC(C(=O)NCC2CCCN2)C1c1ccccc1OC.Cl. The van der Waals surface area contributed by atoms with Crippen molar-refractivity contribution >= 4 is 24.2 Å². The molecule has 29 heavy (non-hydrogen) atoms. The molecule has 2 heterocycles. The second-order valence-electron chi connectivity index (χ2n) is 7.81. The summed E-state index contributed by atoms with van der Waals surface area (Å²) in [7, 11) is 1.64. The van der Waals surface area contributed by atoms with Gasteiger partial charge in [-0.1, -0.05) is 31.5 Å². The number of likely N-dealkylation sites (tertiary alicyclic amines) is 1. The Morgan fingerprint density at radius 3 is 2.79 bits per heavy atom. The van der Waals surface area contributed by atoms with Gasteiger partial charge in [0.25, 0.3) is 0 Å². The van der Waals surface area contributed by atoms with E-state index >= 15 is 0 Å². The summed E-state index contributed by atoms with van der Waals surface area (Å²) < 4.78 is 5.58. The molecule has 1 aromatic rings. The molecule has 162 valence electrons. The molecule has 1 aromatic carbocycles. The Kier molecular flexibility index (Phi) is 9.24. The van der Waals surface area contributed by atoms with Gasteiger partial charge in [0.2, 0.25) is 11.8 Å². The minimum Gasteiger partial charge on any atom is -0.496 e. The van der Waals surface area contributed by atoms with Crippen molar-refractivity contribution in [3.05, 3.63) is 29.8 Å². The third kappa shape index (κ3) is 5.64. The summed E-state index contributed by atoms with van der Waals surface area (Å²) in [6.45, 7) is 4.46. The molecular formula is C22H34ClN3O3. The van der Waals surface area contributed by atoms with Crippen molar-refractivity contribution in [2.24, 2.45) is 5.92 Å². The molecule has 6 nitrogen and oxygen atoms in total. The van der Waals surface area contributed by atoms with Gasteiger partial charge in [-0.2, -0.15) is 0 Å². The normalized spacial score (nSPS) is 24.1. The van der Waals surface area contributed by atoms with Crippen LogP contribution in [-0.2, 0) is 9.59 Å². The van der Waals surface area contributed by atoms with Crippen LogP contribution in [0.4, 0.5) is 0 Å². The number of para-hydroxylation sites is 1. The van der Waals surface area contributed by atoms with Crippen LogP contribution in [0.3, 0.4) is 0 Å². The number of carbonyl (C=O) groups is 2. The molecule has 3 unspecified atom stereocenters. The standard InChI is InChI=1S/C22H33N3O3.ClH/c1-3-4-14-25-20(26)12-11-18(22(27)24-15-16-8-7-13-23-16)21(25)17-9-5-6-10-19(17)28-2;/h5-6,9-10,16,18,21,23H,3-4,7-8,11-15H2,1-2H3,(H,24,27);1H. The predicted molar refractivity (Wildman–Crippen MR) is 116 cm³/mol. The van der Waals surface area contributed by atoms with Gasteiger partial charge in [-0.05, 0) is 38.3 Å². The number of amides is 2. The molecule has 0 bridgehead atoms. The average Bonchev–Trinajstić information content (AvgIpc) is 3.24. The first-order valence-corrected chi connectivity index (χ1v) is 10.6. The van der Waals surface area contributed by atoms with E-state index in [0.717, 1.165) is 43.5 Å². The third-order valence-corrected chi connectivity index (χ3v) is 5.94. The zero-order valence-electron chi connectivity index (χ0n) is 17.5. The van der Waals surface area contributed by atoms with Gasteiger partial charge in [-0.15, -0.1) is 12.4 Å². The van der Waals surface area contributed by atoms with Gasteiger partial charge in [0, 0.05) is 31.1 Å². The lowest BCUT2D eigenvalue weighted by molar-refractivity contribution is -0.143. The van der Waals surface area contributed by atoms with Crippen LogP contribution in [0.25, 0.3) is 0 Å². The van der Waals surface area contributed by atoms with Crippen LogP contribution in [-0.4, -0.2) is 49.5 Å². The molecule has 2 fully saturated rings. The third-order valence-electron chi connectivity index (χ3n) is 5.94. The number of carbonyl (C=O) groups excluding carboxylic acids is 2. The molecule has 2 saturated heterocycles. The maximum atomic E-state index is 13.1. The minimum absolute atomic E-state index is 0. The van der Waals surface area contributed by atoms with Crippen molar-refractivity contribution in [1.29, 1.82) is 0 Å². The smallest absolute Gasteiger partial charge is 0.225 e. The fourth-order valence-electron chi connectivity index (χ4n) is 4.40. The number of benzene rings is 1. The van der Waals surface area contributed by atoms with Gasteiger partial charge < -0.3 is 20.3 Å². The maximum Gasteiger partial charge on any atom is 0.225 e. The van der Waals surface area contributed by atoms with Crippen LogP contribution in [0.1, 0.15) is 57.1 Å². The molecule has 0 radical (unpaired) electrons. The number of methoxy groups -OCH3 is 1. The molecule has 3 rings (SSSR count). The molecule has 3 atom stereocenters. The number of ether oxygens (including phenoxy) is 1. The van der Waals surface area contributed by atoms with Gasteiger partial charge in [0.05, 0.1) is 19.1 Å². The highest BCUT2D eigenvalue weighted by Crippen LogP contribution is 2.40. The quantitative estimate of drug-likeness (QED) is 0.674. The van der Waals surface area contributed by atoms with Crippen molar-refractivity contribution in [3.63, 3.8) is 0 Å². The van der Waals surface area contributed by atoms with Crippen LogP contribution in [0.2, 0.25) is 0 Å². The van der Waals surface area contributed by atoms with E-state index in [1.807, 2.05) is 29.2 Å². The lowest BCUT2D eigenvalue weighted by atomic mass is 9.83. The Morgan fingerprint density at radius 1 is 1.31 bits per heavy atom. The first-order valence-electron chi connectivity index (χ1n) is 10.6. The number of hydrogen-bond donors (Lipinski definition) is 2. The lowest BCUT2D eigenvalue weighted by Gasteiger charge is -2.41. The van der Waals surface area contributed by atoms with Crippen molar-refractivity contribution in [2.75, 3.05) is 26.7 Å². The summed E-state index contributed by atoms with van der Waals surface area (Å²) in [6.07, 6.45) is 5.20. The average molecular weight is 424 g/mol. The molecule has 0 saturated carbocycles. The summed E-state index contributed by atoms with van der Waals surface area (Å²) in [4.78, 5) is 27.8. The number of hydrogen-bond acceptors (Lipinski definition) is 4. The number of rotatable bonds is 8. The molecule has 2 aliphatic heterocycles.